The number of ketones is 2. The molecule has 5 nitrogen and oxygen atoms in total. The molecule has 2 aromatic rings. The molecule has 0 radical (unpaired) electrons. The molecule has 0 heterocycles. The monoisotopic (exact) mass is 399 g/mol. The van der Waals surface area contributed by atoms with Gasteiger partial charge in [0.05, 0.1) is 4.90 Å². The Morgan fingerprint density at radius 2 is 1.25 bits per heavy atom. The summed E-state index contributed by atoms with van der Waals surface area (Å²) in [5, 5.41) is 0. The third kappa shape index (κ3) is 3.66. The van der Waals surface area contributed by atoms with Gasteiger partial charge in [0.1, 0.15) is 0 Å². The zero-order chi connectivity index (χ0) is 20.3. The van der Waals surface area contributed by atoms with Gasteiger partial charge in [0, 0.05) is 35.3 Å². The number of unbranched alkanes of at least 4 members (excludes halogenated alkanes) is 2. The summed E-state index contributed by atoms with van der Waals surface area (Å²) in [4.78, 5) is 25.7. The van der Waals surface area contributed by atoms with E-state index in [4.69, 9.17) is 0 Å². The van der Waals surface area contributed by atoms with Crippen molar-refractivity contribution in [2.75, 3.05) is 13.1 Å². The fraction of sp³-hybridized carbons (Fsp3) is 0.364. The van der Waals surface area contributed by atoms with Crippen molar-refractivity contribution in [3.8, 4) is 0 Å². The van der Waals surface area contributed by atoms with E-state index in [2.05, 4.69) is 0 Å². The minimum atomic E-state index is -3.73. The maximum atomic E-state index is 13.2. The van der Waals surface area contributed by atoms with E-state index in [0.29, 0.717) is 24.2 Å². The summed E-state index contributed by atoms with van der Waals surface area (Å²) in [5.41, 5.74) is 1.11. The number of fused-ring (bicyclic) bond motifs is 2. The smallest absolute Gasteiger partial charge is 0.243 e. The number of carbonyl (C=O) groups is 2. The normalized spacial score (nSPS) is 13.5. The first kappa shape index (κ1) is 20.4. The topological polar surface area (TPSA) is 71.5 Å². The van der Waals surface area contributed by atoms with E-state index in [1.165, 1.54) is 22.5 Å². The number of carbonyl (C=O) groups excluding carboxylic acids is 2. The fourth-order valence-electron chi connectivity index (χ4n) is 3.41. The van der Waals surface area contributed by atoms with E-state index in [1.807, 2.05) is 13.8 Å². The summed E-state index contributed by atoms with van der Waals surface area (Å²) in [7, 11) is -3.73. The molecule has 1 aliphatic carbocycles. The third-order valence-corrected chi connectivity index (χ3v) is 6.95. The van der Waals surface area contributed by atoms with Gasteiger partial charge in [-0.25, -0.2) is 8.42 Å². The molecule has 0 aliphatic heterocycles. The van der Waals surface area contributed by atoms with Crippen LogP contribution in [0.2, 0.25) is 0 Å². The lowest BCUT2D eigenvalue weighted by Crippen LogP contribution is -2.33. The number of sulfonamides is 1. The zero-order valence-corrected chi connectivity index (χ0v) is 17.1. The Morgan fingerprint density at radius 1 is 0.750 bits per heavy atom. The molecule has 0 atom stereocenters. The standard InChI is InChI=1S/C22H25NO4S/c1-3-5-13-23(14-6-4-2)28(26,27)16-11-12-19-20(15-16)22(25)18-10-8-7-9-17(18)21(19)24/h7-12,15H,3-6,13-14H2,1-2H3. The molecule has 148 valence electrons. The fourth-order valence-corrected chi connectivity index (χ4v) is 4.95. The molecular formula is C22H25NO4S. The Labute approximate surface area is 166 Å². The lowest BCUT2D eigenvalue weighted by atomic mass is 9.84. The summed E-state index contributed by atoms with van der Waals surface area (Å²) in [6.45, 7) is 4.94. The third-order valence-electron chi connectivity index (χ3n) is 5.06. The molecule has 0 saturated carbocycles. The number of hydrogen-bond donors (Lipinski definition) is 0. The maximum Gasteiger partial charge on any atom is 0.243 e. The molecular weight excluding hydrogens is 374 g/mol. The second-order valence-corrected chi connectivity index (χ2v) is 8.96. The van der Waals surface area contributed by atoms with Crippen LogP contribution in [0.5, 0.6) is 0 Å². The maximum absolute atomic E-state index is 13.2. The molecule has 28 heavy (non-hydrogen) atoms. The molecule has 3 rings (SSSR count). The average Bonchev–Trinajstić information content (AvgIpc) is 2.71. The van der Waals surface area contributed by atoms with Gasteiger partial charge in [0.2, 0.25) is 10.0 Å². The quantitative estimate of drug-likeness (QED) is 0.573. The Bertz CT molecular complexity index is 1000. The van der Waals surface area contributed by atoms with Crippen LogP contribution < -0.4 is 0 Å². The van der Waals surface area contributed by atoms with Gasteiger partial charge in [0.15, 0.2) is 11.6 Å². The van der Waals surface area contributed by atoms with Crippen molar-refractivity contribution >= 4 is 21.6 Å². The minimum absolute atomic E-state index is 0.0685. The Kier molecular flexibility index (Phi) is 6.10. The molecule has 0 unspecified atom stereocenters. The van der Waals surface area contributed by atoms with Crippen LogP contribution in [0.25, 0.3) is 0 Å². The first-order chi connectivity index (χ1) is 13.4. The molecule has 2 aromatic carbocycles. The molecule has 0 bridgehead atoms. The highest BCUT2D eigenvalue weighted by molar-refractivity contribution is 7.89. The summed E-state index contributed by atoms with van der Waals surface area (Å²) in [5.74, 6) is -0.557. The lowest BCUT2D eigenvalue weighted by molar-refractivity contribution is 0.0979. The summed E-state index contributed by atoms with van der Waals surface area (Å²) >= 11 is 0. The van der Waals surface area contributed by atoms with Crippen LogP contribution in [-0.4, -0.2) is 37.4 Å². The second kappa shape index (κ2) is 8.37. The highest BCUT2D eigenvalue weighted by Gasteiger charge is 2.32. The van der Waals surface area contributed by atoms with Crippen molar-refractivity contribution in [2.45, 2.75) is 44.4 Å². The predicted molar refractivity (Wildman–Crippen MR) is 108 cm³/mol. The predicted octanol–water partition coefficient (Wildman–Crippen LogP) is 4.05. The number of benzene rings is 2. The van der Waals surface area contributed by atoms with Gasteiger partial charge < -0.3 is 0 Å². The Balaban J connectivity index is 2.02. The Morgan fingerprint density at radius 3 is 1.79 bits per heavy atom. The SMILES string of the molecule is CCCCN(CCCC)S(=O)(=O)c1ccc2c(c1)C(=O)c1ccccc1C2=O. The van der Waals surface area contributed by atoms with Crippen LogP contribution in [0.3, 0.4) is 0 Å². The summed E-state index contributed by atoms with van der Waals surface area (Å²) < 4.78 is 27.9. The zero-order valence-electron chi connectivity index (χ0n) is 16.3. The van der Waals surface area contributed by atoms with Gasteiger partial charge in [-0.1, -0.05) is 51.0 Å². The summed E-state index contributed by atoms with van der Waals surface area (Å²) in [6.07, 6.45) is 3.34. The van der Waals surface area contributed by atoms with E-state index in [9.17, 15) is 18.0 Å². The molecule has 0 aromatic heterocycles. The largest absolute Gasteiger partial charge is 0.289 e. The van der Waals surface area contributed by atoms with Crippen molar-refractivity contribution in [3.05, 3.63) is 64.7 Å². The minimum Gasteiger partial charge on any atom is -0.289 e. The van der Waals surface area contributed by atoms with Gasteiger partial charge in [-0.05, 0) is 31.0 Å². The highest BCUT2D eigenvalue weighted by Crippen LogP contribution is 2.30. The van der Waals surface area contributed by atoms with Gasteiger partial charge in [-0.3, -0.25) is 9.59 Å². The molecule has 0 spiro atoms. The van der Waals surface area contributed by atoms with E-state index >= 15 is 0 Å². The van der Waals surface area contributed by atoms with E-state index in [-0.39, 0.29) is 27.6 Å². The molecule has 0 saturated heterocycles. The Hall–Kier alpha value is -2.31. The van der Waals surface area contributed by atoms with Crippen LogP contribution >= 0.6 is 0 Å². The second-order valence-electron chi connectivity index (χ2n) is 7.02. The van der Waals surface area contributed by atoms with Crippen LogP contribution in [0.15, 0.2) is 47.4 Å². The molecule has 0 N–H and O–H groups in total. The van der Waals surface area contributed by atoms with Crippen LogP contribution in [-0.2, 0) is 10.0 Å². The lowest BCUT2D eigenvalue weighted by Gasteiger charge is -2.23. The van der Waals surface area contributed by atoms with Gasteiger partial charge >= 0.3 is 0 Å². The van der Waals surface area contributed by atoms with E-state index in [0.717, 1.165) is 25.7 Å². The molecule has 1 aliphatic rings. The first-order valence-corrected chi connectivity index (χ1v) is 11.2. The van der Waals surface area contributed by atoms with Gasteiger partial charge in [0.25, 0.3) is 0 Å². The van der Waals surface area contributed by atoms with Crippen molar-refractivity contribution < 1.29 is 18.0 Å². The van der Waals surface area contributed by atoms with Gasteiger partial charge in [-0.2, -0.15) is 4.31 Å². The number of hydrogen-bond acceptors (Lipinski definition) is 4. The number of nitrogens with zero attached hydrogens (tertiary/aromatic N) is 1. The molecule has 0 amide bonds. The van der Waals surface area contributed by atoms with Gasteiger partial charge in [-0.15, -0.1) is 0 Å². The van der Waals surface area contributed by atoms with Crippen molar-refractivity contribution in [3.63, 3.8) is 0 Å². The molecule has 6 heteroatoms. The van der Waals surface area contributed by atoms with Crippen LogP contribution in [0.1, 0.15) is 71.4 Å². The summed E-state index contributed by atoms with van der Waals surface area (Å²) in [6, 6.07) is 10.9. The number of rotatable bonds is 8. The molecule has 0 fully saturated rings. The van der Waals surface area contributed by atoms with Crippen LogP contribution in [0.4, 0.5) is 0 Å². The highest BCUT2D eigenvalue weighted by atomic mass is 32.2. The van der Waals surface area contributed by atoms with Crippen molar-refractivity contribution in [1.29, 1.82) is 0 Å². The van der Waals surface area contributed by atoms with E-state index < -0.39 is 10.0 Å². The average molecular weight is 400 g/mol. The van der Waals surface area contributed by atoms with E-state index in [1.54, 1.807) is 24.3 Å². The van der Waals surface area contributed by atoms with Crippen molar-refractivity contribution in [2.24, 2.45) is 0 Å². The first-order valence-electron chi connectivity index (χ1n) is 9.74. The van der Waals surface area contributed by atoms with Crippen LogP contribution in [0, 0.1) is 0 Å². The van der Waals surface area contributed by atoms with Crippen molar-refractivity contribution in [1.82, 2.24) is 4.31 Å².